The number of hydrogen-bond donors (Lipinski definition) is 2. The van der Waals surface area contributed by atoms with Crippen molar-refractivity contribution in [3.63, 3.8) is 0 Å². The number of anilines is 3. The van der Waals surface area contributed by atoms with E-state index in [0.717, 1.165) is 24.6 Å². The number of aromatic nitrogens is 2. The van der Waals surface area contributed by atoms with Crippen molar-refractivity contribution < 1.29 is 14.3 Å². The van der Waals surface area contributed by atoms with Gasteiger partial charge in [-0.15, -0.1) is 0 Å². The van der Waals surface area contributed by atoms with Gasteiger partial charge in [-0.3, -0.25) is 9.59 Å². The van der Waals surface area contributed by atoms with Crippen molar-refractivity contribution in [2.45, 2.75) is 6.42 Å². The maximum Gasteiger partial charge on any atom is 0.227 e. The molecule has 3 heterocycles. The predicted molar refractivity (Wildman–Crippen MR) is 118 cm³/mol. The first-order valence-electron chi connectivity index (χ1n) is 10.3. The number of nitrogens with one attached hydrogen (secondary N) is 2. The molecule has 0 bridgehead atoms. The molecular weight excluding hydrogens is 420 g/mol. The molecule has 0 radical (unpaired) electrons. The van der Waals surface area contributed by atoms with Crippen LogP contribution in [0.25, 0.3) is 0 Å². The Bertz CT molecular complexity index is 920. The first-order chi connectivity index (χ1) is 15.1. The van der Waals surface area contributed by atoms with Gasteiger partial charge in [-0.25, -0.2) is 9.97 Å². The zero-order valence-electron chi connectivity index (χ0n) is 17.1. The maximum atomic E-state index is 12.5. The number of ether oxygens (including phenoxy) is 1. The van der Waals surface area contributed by atoms with Gasteiger partial charge < -0.3 is 25.2 Å². The summed E-state index contributed by atoms with van der Waals surface area (Å²) in [5.74, 6) is 1.02. The fourth-order valence-electron chi connectivity index (χ4n) is 3.68. The SMILES string of the molecule is O=C(NCCNc1cc(N2CCOCC2)ncn1)C1CC(=O)N(c2ccc(Cl)cc2)C1. The summed E-state index contributed by atoms with van der Waals surface area (Å²) >= 11 is 5.91. The fourth-order valence-corrected chi connectivity index (χ4v) is 3.81. The third-order valence-corrected chi connectivity index (χ3v) is 5.60. The fraction of sp³-hybridized carbons (Fsp3) is 0.429. The Hall–Kier alpha value is -2.91. The summed E-state index contributed by atoms with van der Waals surface area (Å²) in [4.78, 5) is 37.2. The number of hydrogen-bond acceptors (Lipinski definition) is 7. The molecule has 2 amide bonds. The molecule has 1 atom stereocenters. The summed E-state index contributed by atoms with van der Waals surface area (Å²) in [7, 11) is 0. The normalized spacial score (nSPS) is 18.9. The molecule has 2 aliphatic heterocycles. The van der Waals surface area contributed by atoms with Gasteiger partial charge >= 0.3 is 0 Å². The Morgan fingerprint density at radius 1 is 1.16 bits per heavy atom. The van der Waals surface area contributed by atoms with Crippen molar-refractivity contribution in [2.75, 3.05) is 61.1 Å². The second-order valence-electron chi connectivity index (χ2n) is 7.46. The molecule has 2 aromatic rings. The Morgan fingerprint density at radius 2 is 1.94 bits per heavy atom. The van der Waals surface area contributed by atoms with Crippen molar-refractivity contribution in [3.8, 4) is 0 Å². The van der Waals surface area contributed by atoms with Crippen LogP contribution in [0.2, 0.25) is 5.02 Å². The van der Waals surface area contributed by atoms with Gasteiger partial charge in [-0.1, -0.05) is 11.6 Å². The molecule has 164 valence electrons. The van der Waals surface area contributed by atoms with E-state index in [0.29, 0.717) is 43.7 Å². The molecule has 2 fully saturated rings. The maximum absolute atomic E-state index is 12.5. The molecule has 0 saturated carbocycles. The number of rotatable bonds is 7. The van der Waals surface area contributed by atoms with Crippen LogP contribution in [0, 0.1) is 5.92 Å². The lowest BCUT2D eigenvalue weighted by molar-refractivity contribution is -0.126. The van der Waals surface area contributed by atoms with E-state index in [1.54, 1.807) is 29.2 Å². The third kappa shape index (κ3) is 5.42. The highest BCUT2D eigenvalue weighted by Gasteiger charge is 2.34. The molecule has 31 heavy (non-hydrogen) atoms. The number of benzene rings is 1. The van der Waals surface area contributed by atoms with Gasteiger partial charge in [0.15, 0.2) is 0 Å². The van der Waals surface area contributed by atoms with Crippen molar-refractivity contribution in [1.82, 2.24) is 15.3 Å². The summed E-state index contributed by atoms with van der Waals surface area (Å²) < 4.78 is 5.37. The average molecular weight is 445 g/mol. The molecular formula is C21H25ClN6O3. The summed E-state index contributed by atoms with van der Waals surface area (Å²) in [5, 5.41) is 6.72. The van der Waals surface area contributed by atoms with Crippen LogP contribution in [0.3, 0.4) is 0 Å². The molecule has 1 aromatic heterocycles. The Balaban J connectivity index is 1.23. The van der Waals surface area contributed by atoms with Gasteiger partial charge in [0.1, 0.15) is 18.0 Å². The van der Waals surface area contributed by atoms with E-state index in [9.17, 15) is 9.59 Å². The lowest BCUT2D eigenvalue weighted by Gasteiger charge is -2.27. The van der Waals surface area contributed by atoms with Crippen LogP contribution in [-0.2, 0) is 14.3 Å². The zero-order valence-corrected chi connectivity index (χ0v) is 17.8. The molecule has 10 heteroatoms. The van der Waals surface area contributed by atoms with E-state index in [-0.39, 0.29) is 24.2 Å². The molecule has 0 spiro atoms. The summed E-state index contributed by atoms with van der Waals surface area (Å²) in [5.41, 5.74) is 0.756. The zero-order chi connectivity index (χ0) is 21.6. The number of carbonyl (C=O) groups excluding carboxylic acids is 2. The highest BCUT2D eigenvalue weighted by atomic mass is 35.5. The summed E-state index contributed by atoms with van der Waals surface area (Å²) in [6.45, 7) is 4.32. The molecule has 2 saturated heterocycles. The Morgan fingerprint density at radius 3 is 2.71 bits per heavy atom. The van der Waals surface area contributed by atoms with Gasteiger partial charge in [0.2, 0.25) is 11.8 Å². The monoisotopic (exact) mass is 444 g/mol. The second kappa shape index (κ2) is 9.93. The molecule has 1 unspecified atom stereocenters. The minimum atomic E-state index is -0.366. The number of nitrogens with zero attached hydrogens (tertiary/aromatic N) is 4. The van der Waals surface area contributed by atoms with Crippen LogP contribution in [0.15, 0.2) is 36.7 Å². The quantitative estimate of drug-likeness (QED) is 0.625. The van der Waals surface area contributed by atoms with E-state index >= 15 is 0 Å². The summed E-state index contributed by atoms with van der Waals surface area (Å²) in [6.07, 6.45) is 1.73. The van der Waals surface area contributed by atoms with Crippen molar-refractivity contribution in [2.24, 2.45) is 5.92 Å². The van der Waals surface area contributed by atoms with E-state index in [4.69, 9.17) is 16.3 Å². The molecule has 2 N–H and O–H groups in total. The molecule has 1 aromatic carbocycles. The van der Waals surface area contributed by atoms with Crippen LogP contribution < -0.4 is 20.4 Å². The topological polar surface area (TPSA) is 99.7 Å². The molecule has 2 aliphatic rings. The standard InChI is InChI=1S/C21H25ClN6O3/c22-16-1-3-17(4-2-16)28-13-15(11-20(28)29)21(30)24-6-5-23-18-12-19(26-14-25-18)27-7-9-31-10-8-27/h1-4,12,14-15H,5-11,13H2,(H,24,30)(H,23,25,26). The largest absolute Gasteiger partial charge is 0.378 e. The van der Waals surface area contributed by atoms with Crippen molar-refractivity contribution in [1.29, 1.82) is 0 Å². The van der Waals surface area contributed by atoms with Crippen molar-refractivity contribution >= 4 is 40.7 Å². The highest BCUT2D eigenvalue weighted by molar-refractivity contribution is 6.30. The third-order valence-electron chi connectivity index (χ3n) is 5.35. The molecule has 9 nitrogen and oxygen atoms in total. The van der Waals surface area contributed by atoms with Gasteiger partial charge in [0.25, 0.3) is 0 Å². The Kier molecular flexibility index (Phi) is 6.83. The first kappa shape index (κ1) is 21.3. The van der Waals surface area contributed by atoms with Crippen LogP contribution >= 0.6 is 11.6 Å². The first-order valence-corrected chi connectivity index (χ1v) is 10.7. The average Bonchev–Trinajstić information content (AvgIpc) is 3.19. The van der Waals surface area contributed by atoms with Gasteiger partial charge in [-0.05, 0) is 24.3 Å². The van der Waals surface area contributed by atoms with Gasteiger partial charge in [0, 0.05) is 55.9 Å². The van der Waals surface area contributed by atoms with E-state index < -0.39 is 0 Å². The van der Waals surface area contributed by atoms with E-state index in [1.165, 1.54) is 6.33 Å². The number of morpholine rings is 1. The lowest BCUT2D eigenvalue weighted by atomic mass is 10.1. The number of halogens is 1. The van der Waals surface area contributed by atoms with Gasteiger partial charge in [0.05, 0.1) is 19.1 Å². The number of carbonyl (C=O) groups is 2. The predicted octanol–water partition coefficient (Wildman–Crippen LogP) is 1.55. The second-order valence-corrected chi connectivity index (χ2v) is 7.90. The molecule has 4 rings (SSSR count). The van der Waals surface area contributed by atoms with E-state index in [2.05, 4.69) is 25.5 Å². The summed E-state index contributed by atoms with van der Waals surface area (Å²) in [6, 6.07) is 8.95. The van der Waals surface area contributed by atoms with Crippen LogP contribution in [0.4, 0.5) is 17.3 Å². The number of amides is 2. The van der Waals surface area contributed by atoms with Gasteiger partial charge in [-0.2, -0.15) is 0 Å². The highest BCUT2D eigenvalue weighted by Crippen LogP contribution is 2.26. The van der Waals surface area contributed by atoms with E-state index in [1.807, 2.05) is 6.07 Å². The smallest absolute Gasteiger partial charge is 0.227 e. The molecule has 0 aliphatic carbocycles. The lowest BCUT2D eigenvalue weighted by Crippen LogP contribution is -2.37. The van der Waals surface area contributed by atoms with Crippen LogP contribution in [0.5, 0.6) is 0 Å². The minimum Gasteiger partial charge on any atom is -0.378 e. The van der Waals surface area contributed by atoms with Crippen LogP contribution in [-0.4, -0.2) is 67.7 Å². The minimum absolute atomic E-state index is 0.0581. The Labute approximate surface area is 185 Å². The van der Waals surface area contributed by atoms with Crippen LogP contribution in [0.1, 0.15) is 6.42 Å². The van der Waals surface area contributed by atoms with Crippen molar-refractivity contribution in [3.05, 3.63) is 41.7 Å².